The van der Waals surface area contributed by atoms with Crippen molar-refractivity contribution in [3.63, 3.8) is 0 Å². The van der Waals surface area contributed by atoms with Gasteiger partial charge in [0.15, 0.2) is 0 Å². The standard InChI is InChI=1S/C11H16OS/c1-3-12-11-5-4-10(6-7-13)8-9(11)2/h4-5,8,13H,3,6-7H2,1-2H3. The zero-order valence-electron chi connectivity index (χ0n) is 8.21. The predicted molar refractivity (Wildman–Crippen MR) is 59.9 cm³/mol. The fraction of sp³-hybridized carbons (Fsp3) is 0.455. The molecule has 1 aromatic carbocycles. The van der Waals surface area contributed by atoms with Crippen LogP contribution in [0.2, 0.25) is 0 Å². The lowest BCUT2D eigenvalue weighted by atomic mass is 10.1. The Labute approximate surface area is 85.5 Å². The van der Waals surface area contributed by atoms with Gasteiger partial charge in [0, 0.05) is 0 Å². The largest absolute Gasteiger partial charge is 0.494 e. The van der Waals surface area contributed by atoms with Crippen LogP contribution in [0.15, 0.2) is 18.2 Å². The fourth-order valence-electron chi connectivity index (χ4n) is 1.31. The molecule has 13 heavy (non-hydrogen) atoms. The van der Waals surface area contributed by atoms with E-state index in [-0.39, 0.29) is 0 Å². The van der Waals surface area contributed by atoms with Crippen LogP contribution in [0.3, 0.4) is 0 Å². The van der Waals surface area contributed by atoms with Crippen molar-refractivity contribution in [3.8, 4) is 5.75 Å². The fourth-order valence-corrected chi connectivity index (χ4v) is 1.57. The van der Waals surface area contributed by atoms with Crippen LogP contribution >= 0.6 is 12.6 Å². The molecule has 0 unspecified atom stereocenters. The van der Waals surface area contributed by atoms with Crippen molar-refractivity contribution in [1.29, 1.82) is 0 Å². The molecule has 1 rings (SSSR count). The zero-order valence-corrected chi connectivity index (χ0v) is 9.10. The number of benzene rings is 1. The van der Waals surface area contributed by atoms with Gasteiger partial charge in [0.1, 0.15) is 5.75 Å². The molecule has 2 heteroatoms. The van der Waals surface area contributed by atoms with Crippen molar-refractivity contribution in [1.82, 2.24) is 0 Å². The van der Waals surface area contributed by atoms with Gasteiger partial charge in [-0.25, -0.2) is 0 Å². The Morgan fingerprint density at radius 2 is 2.15 bits per heavy atom. The third-order valence-corrected chi connectivity index (χ3v) is 2.16. The van der Waals surface area contributed by atoms with Gasteiger partial charge in [0.25, 0.3) is 0 Å². The Hall–Kier alpha value is -0.630. The molecule has 0 saturated heterocycles. The van der Waals surface area contributed by atoms with Crippen LogP contribution in [0.4, 0.5) is 0 Å². The number of rotatable bonds is 4. The van der Waals surface area contributed by atoms with Gasteiger partial charge < -0.3 is 4.74 Å². The molecule has 0 heterocycles. The molecule has 0 fully saturated rings. The second-order valence-electron chi connectivity index (χ2n) is 3.01. The van der Waals surface area contributed by atoms with E-state index in [0.29, 0.717) is 0 Å². The quantitative estimate of drug-likeness (QED) is 0.729. The summed E-state index contributed by atoms with van der Waals surface area (Å²) in [5, 5.41) is 0. The summed E-state index contributed by atoms with van der Waals surface area (Å²) in [6.07, 6.45) is 1.02. The van der Waals surface area contributed by atoms with Crippen molar-refractivity contribution in [2.24, 2.45) is 0 Å². The molecule has 0 atom stereocenters. The monoisotopic (exact) mass is 196 g/mol. The lowest BCUT2D eigenvalue weighted by Crippen LogP contribution is -1.95. The molecule has 0 radical (unpaired) electrons. The summed E-state index contributed by atoms with van der Waals surface area (Å²) in [6.45, 7) is 4.81. The molecule has 0 amide bonds. The molecular weight excluding hydrogens is 180 g/mol. The predicted octanol–water partition coefficient (Wildman–Crippen LogP) is 2.87. The smallest absolute Gasteiger partial charge is 0.122 e. The minimum absolute atomic E-state index is 0.729. The van der Waals surface area contributed by atoms with E-state index in [9.17, 15) is 0 Å². The Bertz CT molecular complexity index is 271. The maximum absolute atomic E-state index is 5.45. The molecule has 0 aliphatic rings. The van der Waals surface area contributed by atoms with Crippen LogP contribution < -0.4 is 4.74 Å². The van der Waals surface area contributed by atoms with Crippen molar-refractivity contribution in [3.05, 3.63) is 29.3 Å². The molecule has 0 aliphatic carbocycles. The normalized spacial score (nSPS) is 10.1. The Morgan fingerprint density at radius 3 is 2.69 bits per heavy atom. The number of thiol groups is 1. The average molecular weight is 196 g/mol. The summed E-state index contributed by atoms with van der Waals surface area (Å²) in [5.41, 5.74) is 2.54. The first-order valence-corrected chi connectivity index (χ1v) is 5.24. The highest BCUT2D eigenvalue weighted by atomic mass is 32.1. The topological polar surface area (TPSA) is 9.23 Å². The molecule has 0 saturated carbocycles. The molecule has 0 aromatic heterocycles. The summed E-state index contributed by atoms with van der Waals surface area (Å²) >= 11 is 4.20. The molecule has 1 aromatic rings. The van der Waals surface area contributed by atoms with Crippen molar-refractivity contribution in [2.75, 3.05) is 12.4 Å². The third-order valence-electron chi connectivity index (χ3n) is 1.94. The lowest BCUT2D eigenvalue weighted by Gasteiger charge is -2.08. The highest BCUT2D eigenvalue weighted by molar-refractivity contribution is 7.80. The number of hydrogen-bond donors (Lipinski definition) is 1. The van der Waals surface area contributed by atoms with Gasteiger partial charge >= 0.3 is 0 Å². The van der Waals surface area contributed by atoms with Gasteiger partial charge in [-0.1, -0.05) is 12.1 Å². The van der Waals surface area contributed by atoms with Gasteiger partial charge in [-0.05, 0) is 43.2 Å². The molecule has 0 spiro atoms. The minimum atomic E-state index is 0.729. The first-order valence-electron chi connectivity index (χ1n) is 4.61. The SMILES string of the molecule is CCOc1ccc(CCS)cc1C. The van der Waals surface area contributed by atoms with E-state index < -0.39 is 0 Å². The van der Waals surface area contributed by atoms with E-state index >= 15 is 0 Å². The second-order valence-corrected chi connectivity index (χ2v) is 3.45. The van der Waals surface area contributed by atoms with E-state index in [4.69, 9.17) is 4.74 Å². The Balaban J connectivity index is 2.79. The van der Waals surface area contributed by atoms with Gasteiger partial charge in [0.2, 0.25) is 0 Å². The summed E-state index contributed by atoms with van der Waals surface area (Å²) in [4.78, 5) is 0. The maximum atomic E-state index is 5.45. The Kier molecular flexibility index (Phi) is 4.16. The van der Waals surface area contributed by atoms with Crippen LogP contribution in [0, 0.1) is 6.92 Å². The first kappa shape index (κ1) is 10.5. The molecule has 0 N–H and O–H groups in total. The summed E-state index contributed by atoms with van der Waals surface area (Å²) in [6, 6.07) is 6.31. The van der Waals surface area contributed by atoms with Crippen molar-refractivity contribution >= 4 is 12.6 Å². The van der Waals surface area contributed by atoms with Crippen molar-refractivity contribution < 1.29 is 4.74 Å². The molecular formula is C11H16OS. The highest BCUT2D eigenvalue weighted by Crippen LogP contribution is 2.19. The highest BCUT2D eigenvalue weighted by Gasteiger charge is 1.99. The maximum Gasteiger partial charge on any atom is 0.122 e. The summed E-state index contributed by atoms with van der Waals surface area (Å²) < 4.78 is 5.45. The van der Waals surface area contributed by atoms with Gasteiger partial charge in [-0.15, -0.1) is 0 Å². The zero-order chi connectivity index (χ0) is 9.68. The third kappa shape index (κ3) is 2.96. The van der Waals surface area contributed by atoms with Crippen LogP contribution in [-0.2, 0) is 6.42 Å². The summed E-state index contributed by atoms with van der Waals surface area (Å²) in [7, 11) is 0. The summed E-state index contributed by atoms with van der Waals surface area (Å²) in [5.74, 6) is 1.89. The van der Waals surface area contributed by atoms with E-state index in [1.54, 1.807) is 0 Å². The van der Waals surface area contributed by atoms with E-state index in [1.807, 2.05) is 13.0 Å². The number of aryl methyl sites for hydroxylation is 2. The molecule has 0 bridgehead atoms. The number of hydrogen-bond acceptors (Lipinski definition) is 2. The van der Waals surface area contributed by atoms with Gasteiger partial charge in [0.05, 0.1) is 6.61 Å². The lowest BCUT2D eigenvalue weighted by molar-refractivity contribution is 0.338. The van der Waals surface area contributed by atoms with Gasteiger partial charge in [-0.2, -0.15) is 12.6 Å². The van der Waals surface area contributed by atoms with E-state index in [0.717, 1.165) is 24.5 Å². The Morgan fingerprint density at radius 1 is 1.38 bits per heavy atom. The van der Waals surface area contributed by atoms with Crippen molar-refractivity contribution in [2.45, 2.75) is 20.3 Å². The van der Waals surface area contributed by atoms with Crippen LogP contribution in [0.1, 0.15) is 18.1 Å². The average Bonchev–Trinajstić information content (AvgIpc) is 2.10. The van der Waals surface area contributed by atoms with Crippen LogP contribution in [-0.4, -0.2) is 12.4 Å². The van der Waals surface area contributed by atoms with E-state index in [1.165, 1.54) is 11.1 Å². The first-order chi connectivity index (χ1) is 6.27. The van der Waals surface area contributed by atoms with Gasteiger partial charge in [-0.3, -0.25) is 0 Å². The second kappa shape index (κ2) is 5.18. The molecule has 72 valence electrons. The van der Waals surface area contributed by atoms with E-state index in [2.05, 4.69) is 31.7 Å². The van der Waals surface area contributed by atoms with Crippen LogP contribution in [0.25, 0.3) is 0 Å². The number of ether oxygens (including phenoxy) is 1. The minimum Gasteiger partial charge on any atom is -0.494 e. The van der Waals surface area contributed by atoms with Crippen LogP contribution in [0.5, 0.6) is 5.75 Å². The molecule has 0 aliphatic heterocycles. The molecule has 1 nitrogen and oxygen atoms in total.